The van der Waals surface area contributed by atoms with Crippen LogP contribution in [0.4, 0.5) is 4.39 Å². The summed E-state index contributed by atoms with van der Waals surface area (Å²) in [7, 11) is 0. The zero-order valence-corrected chi connectivity index (χ0v) is 14.2. The van der Waals surface area contributed by atoms with Gasteiger partial charge in [-0.2, -0.15) is 14.6 Å². The summed E-state index contributed by atoms with van der Waals surface area (Å²) in [5.41, 5.74) is 6.96. The molecule has 1 amide bonds. The van der Waals surface area contributed by atoms with E-state index in [1.165, 1.54) is 30.2 Å². The zero-order chi connectivity index (χ0) is 18.1. The highest BCUT2D eigenvalue weighted by molar-refractivity contribution is 7.99. The van der Waals surface area contributed by atoms with Gasteiger partial charge in [-0.25, -0.2) is 9.37 Å². The van der Waals surface area contributed by atoms with E-state index < -0.39 is 5.91 Å². The van der Waals surface area contributed by atoms with Gasteiger partial charge in [0.25, 0.3) is 5.78 Å². The van der Waals surface area contributed by atoms with Gasteiger partial charge in [0.05, 0.1) is 5.69 Å². The molecule has 2 aromatic carbocycles. The molecule has 0 unspecified atom stereocenters. The summed E-state index contributed by atoms with van der Waals surface area (Å²) in [6.07, 6.45) is 1.41. The molecule has 0 radical (unpaired) electrons. The van der Waals surface area contributed by atoms with Gasteiger partial charge < -0.3 is 5.73 Å². The van der Waals surface area contributed by atoms with Crippen LogP contribution in [0.15, 0.2) is 70.8 Å². The molecule has 4 rings (SSSR count). The molecule has 0 saturated heterocycles. The highest BCUT2D eigenvalue weighted by Crippen LogP contribution is 2.30. The second-order valence-electron chi connectivity index (χ2n) is 5.45. The van der Waals surface area contributed by atoms with E-state index in [2.05, 4.69) is 15.1 Å². The molecule has 2 heterocycles. The number of hydrogen-bond donors (Lipinski definition) is 1. The molecule has 6 nitrogen and oxygen atoms in total. The second kappa shape index (κ2) is 6.57. The van der Waals surface area contributed by atoms with Crippen LogP contribution < -0.4 is 5.73 Å². The van der Waals surface area contributed by atoms with E-state index in [0.717, 1.165) is 9.92 Å². The van der Waals surface area contributed by atoms with Crippen LogP contribution >= 0.6 is 11.8 Å². The molecular formula is C18H12FN5OS. The molecule has 0 spiro atoms. The lowest BCUT2D eigenvalue weighted by Crippen LogP contribution is -2.10. The first kappa shape index (κ1) is 16.2. The van der Waals surface area contributed by atoms with Crippen molar-refractivity contribution in [3.8, 4) is 11.3 Å². The lowest BCUT2D eigenvalue weighted by molar-refractivity contribution is 0.1000. The molecule has 0 atom stereocenters. The minimum atomic E-state index is -0.475. The summed E-state index contributed by atoms with van der Waals surface area (Å²) in [4.78, 5) is 20.7. The van der Waals surface area contributed by atoms with Crippen molar-refractivity contribution < 1.29 is 9.18 Å². The van der Waals surface area contributed by atoms with Gasteiger partial charge >= 0.3 is 0 Å². The maximum absolute atomic E-state index is 13.6. The molecule has 2 N–H and O–H groups in total. The minimum Gasteiger partial charge on any atom is -0.366 e. The zero-order valence-electron chi connectivity index (χ0n) is 13.3. The Morgan fingerprint density at radius 1 is 1.12 bits per heavy atom. The van der Waals surface area contributed by atoms with Crippen molar-refractivity contribution >= 4 is 23.4 Å². The number of benzene rings is 2. The fraction of sp³-hybridized carbons (Fsp3) is 0. The maximum atomic E-state index is 13.6. The Kier molecular flexibility index (Phi) is 4.10. The van der Waals surface area contributed by atoms with Crippen molar-refractivity contribution in [1.29, 1.82) is 0 Å². The first-order valence-electron chi connectivity index (χ1n) is 7.64. The number of nitrogens with two attached hydrogens (primary N) is 1. The van der Waals surface area contributed by atoms with E-state index in [9.17, 15) is 9.18 Å². The number of aromatic nitrogens is 4. The van der Waals surface area contributed by atoms with Gasteiger partial charge in [0.15, 0.2) is 0 Å². The molecule has 0 aliphatic heterocycles. The Labute approximate surface area is 151 Å². The van der Waals surface area contributed by atoms with Gasteiger partial charge in [0.1, 0.15) is 17.2 Å². The predicted molar refractivity (Wildman–Crippen MR) is 95.3 cm³/mol. The molecule has 2 aromatic heterocycles. The van der Waals surface area contributed by atoms with Gasteiger partial charge in [0.2, 0.25) is 5.91 Å². The lowest BCUT2D eigenvalue weighted by Gasteiger charge is -2.08. The first-order chi connectivity index (χ1) is 12.6. The molecular weight excluding hydrogens is 353 g/mol. The van der Waals surface area contributed by atoms with Crippen molar-refractivity contribution in [2.24, 2.45) is 5.73 Å². The van der Waals surface area contributed by atoms with E-state index in [-0.39, 0.29) is 5.82 Å². The van der Waals surface area contributed by atoms with Crippen molar-refractivity contribution in [3.63, 3.8) is 0 Å². The molecule has 26 heavy (non-hydrogen) atoms. The summed E-state index contributed by atoms with van der Waals surface area (Å²) >= 11 is 1.43. The quantitative estimate of drug-likeness (QED) is 0.561. The van der Waals surface area contributed by atoms with Crippen LogP contribution in [-0.4, -0.2) is 25.5 Å². The van der Waals surface area contributed by atoms with Crippen LogP contribution in [-0.2, 0) is 0 Å². The van der Waals surface area contributed by atoms with Gasteiger partial charge in [-0.1, -0.05) is 23.9 Å². The highest BCUT2D eigenvalue weighted by atomic mass is 32.2. The van der Waals surface area contributed by atoms with E-state index in [1.807, 2.05) is 6.07 Å². The van der Waals surface area contributed by atoms with E-state index in [0.29, 0.717) is 22.6 Å². The number of halogens is 1. The van der Waals surface area contributed by atoms with E-state index in [4.69, 9.17) is 5.73 Å². The number of hydrogen-bond acceptors (Lipinski definition) is 5. The second-order valence-corrected chi connectivity index (χ2v) is 6.55. The largest absolute Gasteiger partial charge is 0.366 e. The Hall–Kier alpha value is -3.26. The summed E-state index contributed by atoms with van der Waals surface area (Å²) in [6.45, 7) is 0. The van der Waals surface area contributed by atoms with Crippen molar-refractivity contribution in [3.05, 3.63) is 72.3 Å². The van der Waals surface area contributed by atoms with Crippen LogP contribution in [0.3, 0.4) is 0 Å². The topological polar surface area (TPSA) is 86.2 Å². The van der Waals surface area contributed by atoms with Crippen LogP contribution in [0.1, 0.15) is 10.4 Å². The summed E-state index contributed by atoms with van der Waals surface area (Å²) in [5.74, 6) is -0.387. The molecule has 4 aromatic rings. The van der Waals surface area contributed by atoms with Crippen LogP contribution in [0.2, 0.25) is 0 Å². The molecule has 0 fully saturated rings. The number of amides is 1. The Morgan fingerprint density at radius 3 is 2.65 bits per heavy atom. The van der Waals surface area contributed by atoms with Gasteiger partial charge in [-0.3, -0.25) is 4.79 Å². The Morgan fingerprint density at radius 2 is 1.92 bits per heavy atom. The molecule has 128 valence electrons. The molecule has 0 bridgehead atoms. The van der Waals surface area contributed by atoms with Crippen LogP contribution in [0, 0.1) is 5.82 Å². The average molecular weight is 365 g/mol. The molecule has 0 aliphatic carbocycles. The first-order valence-corrected chi connectivity index (χ1v) is 8.46. The number of nitrogens with zero attached hydrogens (tertiary/aromatic N) is 4. The number of fused-ring (bicyclic) bond motifs is 1. The molecule has 0 saturated carbocycles. The standard InChI is InChI=1S/C18H12FN5OS/c19-13-3-1-2-12(8-13)15-9-16(24-18(23-15)21-10-22-24)26-14-6-4-11(5-7-14)17(20)25/h1-10H,(H2,20,25). The minimum absolute atomic E-state index is 0.332. The number of carbonyl (C=O) groups excluding carboxylic acids is 1. The third kappa shape index (κ3) is 3.14. The Balaban J connectivity index is 1.76. The van der Waals surface area contributed by atoms with Crippen molar-refractivity contribution in [2.75, 3.05) is 0 Å². The van der Waals surface area contributed by atoms with Gasteiger partial charge in [0, 0.05) is 16.0 Å². The SMILES string of the molecule is NC(=O)c1ccc(Sc2cc(-c3cccc(F)c3)nc3ncnn23)cc1. The maximum Gasteiger partial charge on any atom is 0.253 e. The third-order valence-corrected chi connectivity index (χ3v) is 4.71. The normalized spacial score (nSPS) is 11.0. The molecule has 0 aliphatic rings. The third-order valence-electron chi connectivity index (χ3n) is 3.70. The van der Waals surface area contributed by atoms with Crippen LogP contribution in [0.25, 0.3) is 17.0 Å². The summed E-state index contributed by atoms with van der Waals surface area (Å²) in [5, 5.41) is 4.95. The van der Waals surface area contributed by atoms with Crippen molar-refractivity contribution in [2.45, 2.75) is 9.92 Å². The monoisotopic (exact) mass is 365 g/mol. The highest BCUT2D eigenvalue weighted by Gasteiger charge is 2.11. The van der Waals surface area contributed by atoms with Crippen molar-refractivity contribution in [1.82, 2.24) is 19.6 Å². The fourth-order valence-corrected chi connectivity index (χ4v) is 3.36. The van der Waals surface area contributed by atoms with E-state index >= 15 is 0 Å². The molecule has 8 heteroatoms. The smallest absolute Gasteiger partial charge is 0.253 e. The van der Waals surface area contributed by atoms with Crippen LogP contribution in [0.5, 0.6) is 0 Å². The fourth-order valence-electron chi connectivity index (χ4n) is 2.46. The number of primary amides is 1. The average Bonchev–Trinajstić information content (AvgIpc) is 3.11. The summed E-state index contributed by atoms with van der Waals surface area (Å²) < 4.78 is 15.2. The predicted octanol–water partition coefficient (Wildman–Crippen LogP) is 3.18. The van der Waals surface area contributed by atoms with Gasteiger partial charge in [-0.15, -0.1) is 0 Å². The van der Waals surface area contributed by atoms with Gasteiger partial charge in [-0.05, 0) is 42.5 Å². The Bertz CT molecular complexity index is 1110. The van der Waals surface area contributed by atoms with E-state index in [1.54, 1.807) is 40.9 Å². The lowest BCUT2D eigenvalue weighted by atomic mass is 10.1. The number of rotatable bonds is 4. The number of carbonyl (C=O) groups is 1. The summed E-state index contributed by atoms with van der Waals surface area (Å²) in [6, 6.07) is 15.0.